The Morgan fingerprint density at radius 1 is 1.60 bits per heavy atom. The maximum absolute atomic E-state index is 10.5. The SMILES string of the molecule is [N-]=[N+]=C1C(=O)C=NNC1=O. The molecule has 1 aliphatic heterocycles. The number of carbonyl (C=O) groups is 2. The van der Waals surface area contributed by atoms with Gasteiger partial charge >= 0.3 is 11.6 Å². The minimum Gasteiger partial charge on any atom is -0.360 e. The lowest BCUT2D eigenvalue weighted by Gasteiger charge is -1.95. The molecule has 0 aromatic heterocycles. The number of hydrogen-bond donors (Lipinski definition) is 1. The standard InChI is InChI=1S/C4H2N4O2/c5-7-3-2(9)1-6-8-4(3)10/h1H,(H,8,10). The summed E-state index contributed by atoms with van der Waals surface area (Å²) >= 11 is 0. The van der Waals surface area contributed by atoms with Crippen molar-refractivity contribution in [3.05, 3.63) is 5.53 Å². The fourth-order valence-corrected chi connectivity index (χ4v) is 0.470. The topological polar surface area (TPSA) is 94.9 Å². The van der Waals surface area contributed by atoms with Crippen LogP contribution in [-0.2, 0) is 9.59 Å². The van der Waals surface area contributed by atoms with Gasteiger partial charge in [-0.2, -0.15) is 9.89 Å². The van der Waals surface area contributed by atoms with E-state index in [0.29, 0.717) is 0 Å². The lowest BCUT2D eigenvalue weighted by molar-refractivity contribution is -0.123. The molecule has 6 nitrogen and oxygen atoms in total. The zero-order chi connectivity index (χ0) is 7.56. The maximum Gasteiger partial charge on any atom is 0.429 e. The molecule has 0 unspecified atom stereocenters. The first kappa shape index (κ1) is 6.31. The molecule has 1 N–H and O–H groups in total. The third kappa shape index (κ3) is 0.828. The summed E-state index contributed by atoms with van der Waals surface area (Å²) in [5.41, 5.74) is 9.46. The largest absolute Gasteiger partial charge is 0.429 e. The minimum atomic E-state index is -0.796. The number of carbonyl (C=O) groups excluding carboxylic acids is 2. The average molecular weight is 138 g/mol. The third-order valence-corrected chi connectivity index (χ3v) is 0.896. The highest BCUT2D eigenvalue weighted by molar-refractivity contribution is 6.76. The summed E-state index contributed by atoms with van der Waals surface area (Å²) in [5.74, 6) is -1.50. The second-order valence-corrected chi connectivity index (χ2v) is 1.51. The molecule has 1 rings (SSSR count). The fraction of sp³-hybridized carbons (Fsp3) is 0. The molecular weight excluding hydrogens is 136 g/mol. The van der Waals surface area contributed by atoms with Gasteiger partial charge in [-0.25, -0.2) is 5.43 Å². The Morgan fingerprint density at radius 2 is 2.30 bits per heavy atom. The molecule has 0 saturated carbocycles. The Bertz CT molecular complexity index is 273. The lowest BCUT2D eigenvalue weighted by atomic mass is 10.2. The molecule has 0 radical (unpaired) electrons. The van der Waals surface area contributed by atoms with Crippen LogP contribution >= 0.6 is 0 Å². The number of ketones is 1. The Kier molecular flexibility index (Phi) is 1.39. The van der Waals surface area contributed by atoms with Crippen molar-refractivity contribution in [2.45, 2.75) is 0 Å². The predicted molar refractivity (Wildman–Crippen MR) is 30.3 cm³/mol. The Balaban J connectivity index is 3.12. The van der Waals surface area contributed by atoms with Crippen LogP contribution in [0.3, 0.4) is 0 Å². The van der Waals surface area contributed by atoms with Crippen molar-refractivity contribution in [2.75, 3.05) is 0 Å². The van der Waals surface area contributed by atoms with E-state index in [0.717, 1.165) is 6.21 Å². The number of nitrogens with zero attached hydrogens (tertiary/aromatic N) is 3. The predicted octanol–water partition coefficient (Wildman–Crippen LogP) is -1.66. The van der Waals surface area contributed by atoms with Crippen molar-refractivity contribution in [3.8, 4) is 0 Å². The molecule has 0 spiro atoms. The van der Waals surface area contributed by atoms with Crippen LogP contribution in [0.2, 0.25) is 0 Å². The van der Waals surface area contributed by atoms with E-state index in [1.807, 2.05) is 5.43 Å². The van der Waals surface area contributed by atoms with Gasteiger partial charge in [-0.15, -0.1) is 0 Å². The molecule has 10 heavy (non-hydrogen) atoms. The first-order valence-corrected chi connectivity index (χ1v) is 2.35. The van der Waals surface area contributed by atoms with Crippen LogP contribution in [0.4, 0.5) is 0 Å². The van der Waals surface area contributed by atoms with Crippen molar-refractivity contribution in [1.29, 1.82) is 0 Å². The number of nitrogens with one attached hydrogen (secondary N) is 1. The molecule has 0 aliphatic carbocycles. The number of amides is 1. The molecule has 0 atom stereocenters. The second kappa shape index (κ2) is 2.20. The molecule has 6 heteroatoms. The van der Waals surface area contributed by atoms with Gasteiger partial charge in [0.15, 0.2) is 0 Å². The zero-order valence-corrected chi connectivity index (χ0v) is 4.74. The summed E-state index contributed by atoms with van der Waals surface area (Å²) in [7, 11) is 0. The summed E-state index contributed by atoms with van der Waals surface area (Å²) < 4.78 is 0. The molecule has 1 heterocycles. The quantitative estimate of drug-likeness (QED) is 0.320. The van der Waals surface area contributed by atoms with Crippen molar-refractivity contribution in [3.63, 3.8) is 0 Å². The number of Topliss-reactive ketones (excluding diaryl/α,β-unsaturated/α-hetero) is 1. The third-order valence-electron chi connectivity index (χ3n) is 0.896. The first-order valence-electron chi connectivity index (χ1n) is 2.35. The summed E-state index contributed by atoms with van der Waals surface area (Å²) in [6.07, 6.45) is 0.858. The normalized spacial score (nSPS) is 16.6. The summed E-state index contributed by atoms with van der Waals surface area (Å²) in [5, 5.41) is 3.17. The second-order valence-electron chi connectivity index (χ2n) is 1.51. The van der Waals surface area contributed by atoms with E-state index >= 15 is 0 Å². The summed E-state index contributed by atoms with van der Waals surface area (Å²) in [4.78, 5) is 23.5. The van der Waals surface area contributed by atoms with Crippen molar-refractivity contribution < 1.29 is 14.4 Å². The Morgan fingerprint density at radius 3 is 2.70 bits per heavy atom. The number of hydrazone groups is 1. The van der Waals surface area contributed by atoms with Crippen LogP contribution in [0.1, 0.15) is 0 Å². The van der Waals surface area contributed by atoms with Crippen molar-refractivity contribution in [2.24, 2.45) is 5.10 Å². The average Bonchev–Trinajstić information content (AvgIpc) is 1.88. The Labute approximate surface area is 55.1 Å². The van der Waals surface area contributed by atoms with Gasteiger partial charge in [0.2, 0.25) is 0 Å². The van der Waals surface area contributed by atoms with Gasteiger partial charge in [-0.3, -0.25) is 9.59 Å². The van der Waals surface area contributed by atoms with Crippen LogP contribution in [0.15, 0.2) is 5.10 Å². The molecular formula is C4H2N4O2. The maximum atomic E-state index is 10.5. The molecule has 0 aromatic rings. The van der Waals surface area contributed by atoms with E-state index in [1.165, 1.54) is 0 Å². The highest BCUT2D eigenvalue weighted by Crippen LogP contribution is 1.81. The monoisotopic (exact) mass is 138 g/mol. The molecule has 0 saturated heterocycles. The lowest BCUT2D eigenvalue weighted by Crippen LogP contribution is -2.39. The van der Waals surface area contributed by atoms with Gasteiger partial charge in [0, 0.05) is 0 Å². The smallest absolute Gasteiger partial charge is 0.360 e. The molecule has 50 valence electrons. The summed E-state index contributed by atoms with van der Waals surface area (Å²) in [6.45, 7) is 0. The van der Waals surface area contributed by atoms with Crippen molar-refractivity contribution >= 4 is 23.6 Å². The highest BCUT2D eigenvalue weighted by atomic mass is 16.2. The summed E-state index contributed by atoms with van der Waals surface area (Å²) in [6, 6.07) is 0. The first-order chi connectivity index (χ1) is 4.75. The van der Waals surface area contributed by atoms with Crippen LogP contribution in [0, 0.1) is 0 Å². The van der Waals surface area contributed by atoms with E-state index in [9.17, 15) is 9.59 Å². The van der Waals surface area contributed by atoms with E-state index in [2.05, 4.69) is 9.89 Å². The number of rotatable bonds is 0. The van der Waals surface area contributed by atoms with Crippen LogP contribution in [0.25, 0.3) is 5.53 Å². The molecule has 1 aliphatic rings. The van der Waals surface area contributed by atoms with Gasteiger partial charge in [0.25, 0.3) is 5.78 Å². The Hall–Kier alpha value is -1.81. The van der Waals surface area contributed by atoms with Gasteiger partial charge < -0.3 is 5.53 Å². The highest BCUT2D eigenvalue weighted by Gasteiger charge is 2.30. The van der Waals surface area contributed by atoms with Crippen LogP contribution in [-0.4, -0.2) is 28.4 Å². The van der Waals surface area contributed by atoms with Gasteiger partial charge in [0.1, 0.15) is 6.21 Å². The molecule has 0 fully saturated rings. The molecule has 0 bridgehead atoms. The molecule has 1 amide bonds. The van der Waals surface area contributed by atoms with Gasteiger partial charge in [0.05, 0.1) is 0 Å². The van der Waals surface area contributed by atoms with Crippen LogP contribution < -0.4 is 5.43 Å². The van der Waals surface area contributed by atoms with E-state index in [1.54, 1.807) is 0 Å². The number of hydrogen-bond acceptors (Lipinski definition) is 3. The minimum absolute atomic E-state index is 0.546. The van der Waals surface area contributed by atoms with Crippen LogP contribution in [0.5, 0.6) is 0 Å². The van der Waals surface area contributed by atoms with E-state index < -0.39 is 17.4 Å². The van der Waals surface area contributed by atoms with Gasteiger partial charge in [-0.05, 0) is 0 Å². The van der Waals surface area contributed by atoms with Crippen molar-refractivity contribution in [1.82, 2.24) is 5.43 Å². The van der Waals surface area contributed by atoms with Gasteiger partial charge in [-0.1, -0.05) is 0 Å². The zero-order valence-electron chi connectivity index (χ0n) is 4.74. The van der Waals surface area contributed by atoms with E-state index in [4.69, 9.17) is 5.53 Å². The van der Waals surface area contributed by atoms with E-state index in [-0.39, 0.29) is 0 Å². The fourth-order valence-electron chi connectivity index (χ4n) is 0.470. The molecule has 0 aromatic carbocycles.